The molecular weight excluding hydrogens is 399 g/mol. The first-order valence-corrected chi connectivity index (χ1v) is 9.27. The van der Waals surface area contributed by atoms with Gasteiger partial charge in [0.15, 0.2) is 0 Å². The second kappa shape index (κ2) is 9.40. The summed E-state index contributed by atoms with van der Waals surface area (Å²) >= 11 is 11.9. The molecule has 0 amide bonds. The molecule has 0 spiro atoms. The zero-order valence-corrected chi connectivity index (χ0v) is 16.2. The molecule has 0 radical (unpaired) electrons. The monoisotopic (exact) mass is 414 g/mol. The van der Waals surface area contributed by atoms with Crippen LogP contribution in [0.2, 0.25) is 10.0 Å². The molecule has 0 aromatic heterocycles. The maximum Gasteiger partial charge on any atom is 0.345 e. The fourth-order valence-electron chi connectivity index (χ4n) is 2.49. The average Bonchev–Trinajstić information content (AvgIpc) is 2.69. The first kappa shape index (κ1) is 19.9. The summed E-state index contributed by atoms with van der Waals surface area (Å²) in [5.41, 5.74) is 1.56. The van der Waals surface area contributed by atoms with Crippen LogP contribution in [0.5, 0.6) is 5.75 Å². The first-order chi connectivity index (χ1) is 13.5. The second-order valence-electron chi connectivity index (χ2n) is 5.91. The van der Waals surface area contributed by atoms with E-state index in [2.05, 4.69) is 0 Å². The van der Waals surface area contributed by atoms with Crippen LogP contribution in [0.1, 0.15) is 26.3 Å². The van der Waals surface area contributed by atoms with Crippen LogP contribution < -0.4 is 4.74 Å². The summed E-state index contributed by atoms with van der Waals surface area (Å²) < 4.78 is 10.6. The quantitative estimate of drug-likeness (QED) is 0.388. The lowest BCUT2D eigenvalue weighted by Gasteiger charge is -2.08. The van der Waals surface area contributed by atoms with Gasteiger partial charge < -0.3 is 9.47 Å². The third-order valence-corrected chi connectivity index (χ3v) is 4.45. The second-order valence-corrected chi connectivity index (χ2v) is 6.76. The van der Waals surface area contributed by atoms with Crippen LogP contribution in [0.3, 0.4) is 0 Å². The normalized spacial score (nSPS) is 10.4. The van der Waals surface area contributed by atoms with Gasteiger partial charge in [0, 0.05) is 11.4 Å². The fourth-order valence-corrected chi connectivity index (χ4v) is 2.98. The van der Waals surface area contributed by atoms with Crippen molar-refractivity contribution in [1.29, 1.82) is 0 Å². The van der Waals surface area contributed by atoms with Crippen LogP contribution in [0.15, 0.2) is 72.8 Å². The van der Waals surface area contributed by atoms with E-state index in [1.54, 1.807) is 24.3 Å². The molecule has 0 aliphatic rings. The number of rotatable bonds is 6. The third kappa shape index (κ3) is 5.35. The Labute approximate surface area is 172 Å². The van der Waals surface area contributed by atoms with Crippen molar-refractivity contribution < 1.29 is 19.1 Å². The van der Waals surface area contributed by atoms with Crippen LogP contribution in [-0.4, -0.2) is 18.5 Å². The Morgan fingerprint density at radius 1 is 0.821 bits per heavy atom. The summed E-state index contributed by atoms with van der Waals surface area (Å²) in [6.07, 6.45) is 0.621. The average molecular weight is 415 g/mol. The van der Waals surface area contributed by atoms with Crippen LogP contribution in [0.25, 0.3) is 0 Å². The number of benzene rings is 3. The van der Waals surface area contributed by atoms with Gasteiger partial charge in [-0.3, -0.25) is 0 Å². The van der Waals surface area contributed by atoms with E-state index in [1.807, 2.05) is 30.3 Å². The van der Waals surface area contributed by atoms with E-state index in [0.717, 1.165) is 5.56 Å². The highest BCUT2D eigenvalue weighted by molar-refractivity contribution is 6.36. The van der Waals surface area contributed by atoms with Gasteiger partial charge >= 0.3 is 11.9 Å². The van der Waals surface area contributed by atoms with Crippen molar-refractivity contribution in [3.63, 3.8) is 0 Å². The molecule has 0 aliphatic carbocycles. The topological polar surface area (TPSA) is 52.6 Å². The number of halogens is 2. The summed E-state index contributed by atoms with van der Waals surface area (Å²) in [6.45, 7) is 0.257. The summed E-state index contributed by atoms with van der Waals surface area (Å²) in [6, 6.07) is 20.4. The Balaban J connectivity index is 1.61. The summed E-state index contributed by atoms with van der Waals surface area (Å²) in [4.78, 5) is 24.5. The number of carbonyl (C=O) groups excluding carboxylic acids is 2. The number of carbonyl (C=O) groups is 2. The first-order valence-electron chi connectivity index (χ1n) is 8.51. The molecule has 3 aromatic rings. The van der Waals surface area contributed by atoms with Gasteiger partial charge in [-0.2, -0.15) is 0 Å². The van der Waals surface area contributed by atoms with E-state index in [-0.39, 0.29) is 22.9 Å². The number of esters is 2. The Morgan fingerprint density at radius 2 is 1.61 bits per heavy atom. The van der Waals surface area contributed by atoms with Gasteiger partial charge in [-0.05, 0) is 42.0 Å². The molecule has 0 unspecified atom stereocenters. The van der Waals surface area contributed by atoms with Crippen molar-refractivity contribution in [2.75, 3.05) is 6.61 Å². The summed E-state index contributed by atoms with van der Waals surface area (Å²) in [5.74, 6) is -0.914. The molecule has 0 bridgehead atoms. The van der Waals surface area contributed by atoms with Crippen LogP contribution >= 0.6 is 23.2 Å². The van der Waals surface area contributed by atoms with E-state index in [9.17, 15) is 9.59 Å². The Bertz CT molecular complexity index is 987. The van der Waals surface area contributed by atoms with Gasteiger partial charge in [-0.15, -0.1) is 0 Å². The van der Waals surface area contributed by atoms with E-state index < -0.39 is 11.9 Å². The van der Waals surface area contributed by atoms with Gasteiger partial charge in [-0.1, -0.05) is 59.6 Å². The zero-order chi connectivity index (χ0) is 19.9. The number of hydrogen-bond donors (Lipinski definition) is 0. The molecule has 0 aliphatic heterocycles. The Morgan fingerprint density at radius 3 is 2.36 bits per heavy atom. The maximum absolute atomic E-state index is 12.3. The zero-order valence-electron chi connectivity index (χ0n) is 14.7. The summed E-state index contributed by atoms with van der Waals surface area (Å²) in [7, 11) is 0. The molecule has 0 fully saturated rings. The van der Waals surface area contributed by atoms with Crippen molar-refractivity contribution >= 4 is 35.1 Å². The SMILES string of the molecule is O=C(OCCc1ccccc1)c1cccc(OC(=O)c2ccc(Cl)cc2Cl)c1. The van der Waals surface area contributed by atoms with Crippen molar-refractivity contribution in [2.24, 2.45) is 0 Å². The van der Waals surface area contributed by atoms with E-state index in [4.69, 9.17) is 32.7 Å². The van der Waals surface area contributed by atoms with Gasteiger partial charge in [0.25, 0.3) is 0 Å². The fraction of sp³-hybridized carbons (Fsp3) is 0.0909. The summed E-state index contributed by atoms with van der Waals surface area (Å²) in [5, 5.41) is 0.607. The minimum Gasteiger partial charge on any atom is -0.462 e. The van der Waals surface area contributed by atoms with Crippen LogP contribution in [-0.2, 0) is 11.2 Å². The van der Waals surface area contributed by atoms with E-state index >= 15 is 0 Å². The molecule has 0 N–H and O–H groups in total. The molecule has 6 heteroatoms. The minimum absolute atomic E-state index is 0.182. The molecule has 142 valence electrons. The Kier molecular flexibility index (Phi) is 6.69. The molecule has 0 heterocycles. The van der Waals surface area contributed by atoms with Crippen molar-refractivity contribution in [3.8, 4) is 5.75 Å². The van der Waals surface area contributed by atoms with Crippen LogP contribution in [0.4, 0.5) is 0 Å². The minimum atomic E-state index is -0.642. The maximum atomic E-state index is 12.3. The highest BCUT2D eigenvalue weighted by Gasteiger charge is 2.15. The molecule has 0 saturated carbocycles. The predicted molar refractivity (Wildman–Crippen MR) is 108 cm³/mol. The van der Waals surface area contributed by atoms with Gasteiger partial charge in [-0.25, -0.2) is 9.59 Å². The Hall–Kier alpha value is -2.82. The lowest BCUT2D eigenvalue weighted by molar-refractivity contribution is 0.0507. The lowest BCUT2D eigenvalue weighted by Crippen LogP contribution is -2.11. The smallest absolute Gasteiger partial charge is 0.345 e. The molecule has 3 aromatic carbocycles. The molecular formula is C22H16Cl2O4. The lowest BCUT2D eigenvalue weighted by atomic mass is 10.2. The highest BCUT2D eigenvalue weighted by Crippen LogP contribution is 2.23. The van der Waals surface area contributed by atoms with Crippen molar-refractivity contribution in [1.82, 2.24) is 0 Å². The standard InChI is InChI=1S/C22H16Cl2O4/c23-17-9-10-19(20(24)14-17)22(26)28-18-8-4-7-16(13-18)21(25)27-12-11-15-5-2-1-3-6-15/h1-10,13-14H,11-12H2. The van der Waals surface area contributed by atoms with Crippen LogP contribution in [0, 0.1) is 0 Å². The largest absolute Gasteiger partial charge is 0.462 e. The van der Waals surface area contributed by atoms with E-state index in [1.165, 1.54) is 18.2 Å². The van der Waals surface area contributed by atoms with Gasteiger partial charge in [0.2, 0.25) is 0 Å². The van der Waals surface area contributed by atoms with E-state index in [0.29, 0.717) is 17.0 Å². The van der Waals surface area contributed by atoms with Crippen molar-refractivity contribution in [2.45, 2.75) is 6.42 Å². The number of hydrogen-bond acceptors (Lipinski definition) is 4. The molecule has 3 rings (SSSR count). The van der Waals surface area contributed by atoms with Crippen molar-refractivity contribution in [3.05, 3.63) is 99.5 Å². The highest BCUT2D eigenvalue weighted by atomic mass is 35.5. The molecule has 4 nitrogen and oxygen atoms in total. The molecule has 0 saturated heterocycles. The van der Waals surface area contributed by atoms with Gasteiger partial charge in [0.05, 0.1) is 22.8 Å². The third-order valence-electron chi connectivity index (χ3n) is 3.90. The predicted octanol–water partition coefficient (Wildman–Crippen LogP) is 5.61. The van der Waals surface area contributed by atoms with Gasteiger partial charge in [0.1, 0.15) is 5.75 Å². The number of ether oxygens (including phenoxy) is 2. The molecule has 28 heavy (non-hydrogen) atoms. The molecule has 0 atom stereocenters.